The molecule has 0 fully saturated rings. The number of halogens is 2. The number of aromatic hydroxyl groups is 1. The molecule has 1 rings (SSSR count). The summed E-state index contributed by atoms with van der Waals surface area (Å²) in [4.78, 5) is 11.5. The molecule has 4 nitrogen and oxygen atoms in total. The summed E-state index contributed by atoms with van der Waals surface area (Å²) in [6, 6.07) is 2.91. The SMILES string of the molecule is CC(C)(C)OC(=O)Nc1ccc(O)c(Cl)c1Br. The smallest absolute Gasteiger partial charge is 0.412 e. The van der Waals surface area contributed by atoms with Gasteiger partial charge in [0, 0.05) is 0 Å². The van der Waals surface area contributed by atoms with E-state index in [2.05, 4.69) is 21.2 Å². The third-order valence-electron chi connectivity index (χ3n) is 1.70. The van der Waals surface area contributed by atoms with Gasteiger partial charge in [0.2, 0.25) is 0 Å². The molecule has 1 aromatic carbocycles. The number of rotatable bonds is 1. The summed E-state index contributed by atoms with van der Waals surface area (Å²) >= 11 is 8.99. The molecule has 2 N–H and O–H groups in total. The van der Waals surface area contributed by atoms with E-state index in [0.29, 0.717) is 10.2 Å². The number of benzene rings is 1. The highest BCUT2D eigenvalue weighted by molar-refractivity contribution is 9.10. The molecular formula is C11H13BrClNO3. The van der Waals surface area contributed by atoms with Crippen molar-refractivity contribution >= 4 is 39.3 Å². The molecule has 1 aromatic rings. The molecule has 0 heterocycles. The molecule has 0 radical (unpaired) electrons. The predicted molar refractivity (Wildman–Crippen MR) is 70.7 cm³/mol. The average Bonchev–Trinajstić information content (AvgIpc) is 2.16. The van der Waals surface area contributed by atoms with Gasteiger partial charge >= 0.3 is 6.09 Å². The number of anilines is 1. The van der Waals surface area contributed by atoms with Crippen molar-refractivity contribution in [2.75, 3.05) is 5.32 Å². The maximum absolute atomic E-state index is 11.5. The Bertz CT molecular complexity index is 443. The van der Waals surface area contributed by atoms with Gasteiger partial charge in [0.25, 0.3) is 0 Å². The highest BCUT2D eigenvalue weighted by Crippen LogP contribution is 2.37. The van der Waals surface area contributed by atoms with Crippen molar-refractivity contribution in [3.8, 4) is 5.75 Å². The van der Waals surface area contributed by atoms with Crippen molar-refractivity contribution in [2.45, 2.75) is 26.4 Å². The van der Waals surface area contributed by atoms with Crippen molar-refractivity contribution in [1.29, 1.82) is 0 Å². The number of carbonyl (C=O) groups is 1. The maximum atomic E-state index is 11.5. The lowest BCUT2D eigenvalue weighted by atomic mass is 10.2. The van der Waals surface area contributed by atoms with E-state index < -0.39 is 11.7 Å². The standard InChI is InChI=1S/C11H13BrClNO3/c1-11(2,3)17-10(16)14-6-4-5-7(15)9(13)8(6)12/h4-5,15H,1-3H3,(H,14,16). The quantitative estimate of drug-likeness (QED) is 0.763. The molecule has 6 heteroatoms. The molecular weight excluding hydrogens is 309 g/mol. The van der Waals surface area contributed by atoms with E-state index in [1.54, 1.807) is 20.8 Å². The number of nitrogens with one attached hydrogen (secondary N) is 1. The van der Waals surface area contributed by atoms with Crippen LogP contribution in [0.1, 0.15) is 20.8 Å². The van der Waals surface area contributed by atoms with E-state index >= 15 is 0 Å². The second-order valence-corrected chi connectivity index (χ2v) is 5.56. The molecule has 0 bridgehead atoms. The minimum absolute atomic E-state index is 0.0618. The first-order chi connectivity index (χ1) is 7.70. The lowest BCUT2D eigenvalue weighted by molar-refractivity contribution is 0.0636. The van der Waals surface area contributed by atoms with Crippen LogP contribution in [-0.2, 0) is 4.74 Å². The predicted octanol–water partition coefficient (Wildman–Crippen LogP) is 4.16. The summed E-state index contributed by atoms with van der Waals surface area (Å²) in [7, 11) is 0. The van der Waals surface area contributed by atoms with Crippen molar-refractivity contribution in [2.24, 2.45) is 0 Å². The van der Waals surface area contributed by atoms with Crippen LogP contribution < -0.4 is 5.32 Å². The van der Waals surface area contributed by atoms with Crippen LogP contribution in [0.3, 0.4) is 0 Å². The number of hydrogen-bond donors (Lipinski definition) is 2. The van der Waals surface area contributed by atoms with Crippen LogP contribution in [0.5, 0.6) is 5.75 Å². The number of phenolic OH excluding ortho intramolecular Hbond substituents is 1. The van der Waals surface area contributed by atoms with E-state index in [1.165, 1.54) is 12.1 Å². The van der Waals surface area contributed by atoms with E-state index in [0.717, 1.165) is 0 Å². The molecule has 0 aliphatic carbocycles. The molecule has 17 heavy (non-hydrogen) atoms. The molecule has 0 aromatic heterocycles. The number of phenols is 1. The van der Waals surface area contributed by atoms with E-state index in [1.807, 2.05) is 0 Å². The van der Waals surface area contributed by atoms with Crippen molar-refractivity contribution in [1.82, 2.24) is 0 Å². The summed E-state index contributed by atoms with van der Waals surface area (Å²) in [5.74, 6) is -0.0618. The van der Waals surface area contributed by atoms with Crippen molar-refractivity contribution < 1.29 is 14.6 Å². The van der Waals surface area contributed by atoms with Crippen LogP contribution in [0.15, 0.2) is 16.6 Å². The van der Waals surface area contributed by atoms with E-state index in [-0.39, 0.29) is 10.8 Å². The van der Waals surface area contributed by atoms with Gasteiger partial charge < -0.3 is 9.84 Å². The second-order valence-electron chi connectivity index (χ2n) is 4.39. The molecule has 1 amide bonds. The Morgan fingerprint density at radius 2 is 2.06 bits per heavy atom. The third kappa shape index (κ3) is 4.09. The van der Waals surface area contributed by atoms with E-state index in [4.69, 9.17) is 16.3 Å². The van der Waals surface area contributed by atoms with Crippen LogP contribution in [0, 0.1) is 0 Å². The lowest BCUT2D eigenvalue weighted by Gasteiger charge is -2.20. The van der Waals surface area contributed by atoms with Gasteiger partial charge in [-0.1, -0.05) is 11.6 Å². The molecule has 0 atom stereocenters. The molecule has 0 saturated carbocycles. The Hall–Kier alpha value is -0.940. The molecule has 0 aliphatic rings. The normalized spacial score (nSPS) is 11.1. The molecule has 94 valence electrons. The average molecular weight is 323 g/mol. The maximum Gasteiger partial charge on any atom is 0.412 e. The number of carbonyl (C=O) groups excluding carboxylic acids is 1. The summed E-state index contributed by atoms with van der Waals surface area (Å²) in [5.41, 5.74) is -0.140. The zero-order valence-electron chi connectivity index (χ0n) is 9.67. The van der Waals surface area contributed by atoms with Gasteiger partial charge in [0.15, 0.2) is 0 Å². The molecule has 0 aliphatic heterocycles. The van der Waals surface area contributed by atoms with Gasteiger partial charge in [-0.3, -0.25) is 5.32 Å². The van der Waals surface area contributed by atoms with Crippen LogP contribution in [0.25, 0.3) is 0 Å². The topological polar surface area (TPSA) is 58.6 Å². The third-order valence-corrected chi connectivity index (χ3v) is 3.13. The zero-order chi connectivity index (χ0) is 13.2. The van der Waals surface area contributed by atoms with Gasteiger partial charge in [-0.25, -0.2) is 4.79 Å². The van der Waals surface area contributed by atoms with Gasteiger partial charge in [-0.05, 0) is 48.8 Å². The molecule has 0 unspecified atom stereocenters. The minimum Gasteiger partial charge on any atom is -0.506 e. The van der Waals surface area contributed by atoms with Crippen molar-refractivity contribution in [3.63, 3.8) is 0 Å². The monoisotopic (exact) mass is 321 g/mol. The van der Waals surface area contributed by atoms with Crippen LogP contribution >= 0.6 is 27.5 Å². The molecule has 0 saturated heterocycles. The van der Waals surface area contributed by atoms with Crippen LogP contribution in [0.2, 0.25) is 5.02 Å². The van der Waals surface area contributed by atoms with E-state index in [9.17, 15) is 9.90 Å². The summed E-state index contributed by atoms with van der Waals surface area (Å²) in [5, 5.41) is 12.0. The van der Waals surface area contributed by atoms with Gasteiger partial charge in [-0.15, -0.1) is 0 Å². The lowest BCUT2D eigenvalue weighted by Crippen LogP contribution is -2.27. The fourth-order valence-corrected chi connectivity index (χ4v) is 1.65. The highest BCUT2D eigenvalue weighted by atomic mass is 79.9. The number of ether oxygens (including phenoxy) is 1. The Kier molecular flexibility index (Phi) is 4.27. The summed E-state index contributed by atoms with van der Waals surface area (Å²) in [6.07, 6.45) is -0.583. The largest absolute Gasteiger partial charge is 0.506 e. The number of amides is 1. The van der Waals surface area contributed by atoms with Gasteiger partial charge in [-0.2, -0.15) is 0 Å². The zero-order valence-corrected chi connectivity index (χ0v) is 12.0. The highest BCUT2D eigenvalue weighted by Gasteiger charge is 2.18. The Morgan fingerprint density at radius 3 is 2.59 bits per heavy atom. The first-order valence-electron chi connectivity index (χ1n) is 4.87. The Balaban J connectivity index is 2.83. The Morgan fingerprint density at radius 1 is 1.47 bits per heavy atom. The Labute approximate surface area is 113 Å². The van der Waals surface area contributed by atoms with Gasteiger partial charge in [0.1, 0.15) is 11.4 Å². The second kappa shape index (κ2) is 5.14. The summed E-state index contributed by atoms with van der Waals surface area (Å²) in [6.45, 7) is 5.31. The van der Waals surface area contributed by atoms with Crippen LogP contribution in [0.4, 0.5) is 10.5 Å². The molecule has 0 spiro atoms. The minimum atomic E-state index is -0.583. The first kappa shape index (κ1) is 14.1. The fraction of sp³-hybridized carbons (Fsp3) is 0.364. The van der Waals surface area contributed by atoms with Crippen molar-refractivity contribution in [3.05, 3.63) is 21.6 Å². The van der Waals surface area contributed by atoms with Crippen LogP contribution in [-0.4, -0.2) is 16.8 Å². The van der Waals surface area contributed by atoms with Gasteiger partial charge in [0.05, 0.1) is 15.2 Å². The summed E-state index contributed by atoms with van der Waals surface area (Å²) < 4.78 is 5.50. The fourth-order valence-electron chi connectivity index (χ4n) is 1.05. The first-order valence-corrected chi connectivity index (χ1v) is 6.05. The number of hydrogen-bond acceptors (Lipinski definition) is 3.